The summed E-state index contributed by atoms with van der Waals surface area (Å²) in [6.45, 7) is 3.96. The summed E-state index contributed by atoms with van der Waals surface area (Å²) in [4.78, 5) is 14.7. The summed E-state index contributed by atoms with van der Waals surface area (Å²) in [6, 6.07) is 10.8. The zero-order chi connectivity index (χ0) is 14.1. The van der Waals surface area contributed by atoms with Crippen LogP contribution >= 0.6 is 0 Å². The first-order chi connectivity index (χ1) is 9.65. The van der Waals surface area contributed by atoms with Crippen LogP contribution in [0.25, 0.3) is 0 Å². The molecule has 2 aliphatic rings. The van der Waals surface area contributed by atoms with Gasteiger partial charge in [-0.25, -0.2) is 0 Å². The number of ether oxygens (including phenoxy) is 1. The van der Waals surface area contributed by atoms with Crippen LogP contribution in [0.5, 0.6) is 0 Å². The number of fused-ring (bicyclic) bond motifs is 2. The summed E-state index contributed by atoms with van der Waals surface area (Å²) < 4.78 is 5.71. The lowest BCUT2D eigenvalue weighted by molar-refractivity contribution is -0.153. The van der Waals surface area contributed by atoms with Gasteiger partial charge in [-0.3, -0.25) is 4.79 Å². The molecule has 0 saturated carbocycles. The van der Waals surface area contributed by atoms with E-state index in [2.05, 4.69) is 18.9 Å². The van der Waals surface area contributed by atoms with Crippen molar-refractivity contribution in [1.82, 2.24) is 4.90 Å². The van der Waals surface area contributed by atoms with Crippen molar-refractivity contribution >= 4 is 5.97 Å². The third-order valence-corrected chi connectivity index (χ3v) is 4.82. The van der Waals surface area contributed by atoms with Gasteiger partial charge >= 0.3 is 5.97 Å². The molecule has 0 amide bonds. The molecular weight excluding hydrogens is 250 g/mol. The van der Waals surface area contributed by atoms with Crippen molar-refractivity contribution in [1.29, 1.82) is 0 Å². The molecule has 0 spiro atoms. The van der Waals surface area contributed by atoms with Crippen molar-refractivity contribution in [2.45, 2.75) is 49.8 Å². The molecule has 0 N–H and O–H groups in total. The Labute approximate surface area is 120 Å². The van der Waals surface area contributed by atoms with Crippen molar-refractivity contribution in [3.8, 4) is 0 Å². The van der Waals surface area contributed by atoms with Crippen molar-refractivity contribution < 1.29 is 9.53 Å². The predicted octanol–water partition coefficient (Wildman–Crippen LogP) is 2.77. The molecule has 2 saturated heterocycles. The summed E-state index contributed by atoms with van der Waals surface area (Å²) in [7, 11) is 2.19. The maximum absolute atomic E-state index is 12.2. The smallest absolute Gasteiger partial charge is 0.313 e. The summed E-state index contributed by atoms with van der Waals surface area (Å²) in [5.74, 6) is -0.612. The Morgan fingerprint density at radius 1 is 1.25 bits per heavy atom. The summed E-state index contributed by atoms with van der Waals surface area (Å²) in [5, 5.41) is 0. The highest BCUT2D eigenvalue weighted by atomic mass is 16.5. The number of piperidine rings is 1. The van der Waals surface area contributed by atoms with Crippen LogP contribution in [-0.4, -0.2) is 36.1 Å². The van der Waals surface area contributed by atoms with Crippen LogP contribution in [0.1, 0.15) is 37.2 Å². The molecule has 3 atom stereocenters. The second-order valence-electron chi connectivity index (χ2n) is 6.04. The van der Waals surface area contributed by atoms with Crippen LogP contribution in [0.15, 0.2) is 30.3 Å². The van der Waals surface area contributed by atoms with Gasteiger partial charge in [0.2, 0.25) is 0 Å². The van der Waals surface area contributed by atoms with E-state index < -0.39 is 5.92 Å². The fraction of sp³-hybridized carbons (Fsp3) is 0.529. The molecule has 2 heterocycles. The molecular formula is C17H22NO2. The Kier molecular flexibility index (Phi) is 3.79. The van der Waals surface area contributed by atoms with Gasteiger partial charge in [0.1, 0.15) is 6.10 Å². The monoisotopic (exact) mass is 272 g/mol. The maximum Gasteiger partial charge on any atom is 0.313 e. The molecule has 1 aromatic carbocycles. The van der Waals surface area contributed by atoms with Gasteiger partial charge in [-0.05, 0) is 45.2 Å². The molecule has 2 aliphatic heterocycles. The Hall–Kier alpha value is -1.35. The first-order valence-corrected chi connectivity index (χ1v) is 7.45. The van der Waals surface area contributed by atoms with Crippen molar-refractivity contribution in [2.24, 2.45) is 0 Å². The number of hydrogen-bond donors (Lipinski definition) is 0. The first kappa shape index (κ1) is 13.6. The van der Waals surface area contributed by atoms with Gasteiger partial charge in [0, 0.05) is 12.1 Å². The van der Waals surface area contributed by atoms with E-state index in [1.165, 1.54) is 12.8 Å². The van der Waals surface area contributed by atoms with E-state index in [4.69, 9.17) is 4.74 Å². The second-order valence-corrected chi connectivity index (χ2v) is 6.04. The molecule has 3 unspecified atom stereocenters. The molecule has 2 fully saturated rings. The van der Waals surface area contributed by atoms with Gasteiger partial charge in [-0.15, -0.1) is 0 Å². The molecule has 0 aliphatic carbocycles. The number of carbonyl (C=O) groups excluding carboxylic acids is 1. The van der Waals surface area contributed by atoms with E-state index in [0.717, 1.165) is 18.4 Å². The number of carbonyl (C=O) groups is 1. The predicted molar refractivity (Wildman–Crippen MR) is 78.2 cm³/mol. The Bertz CT molecular complexity index is 459. The molecule has 0 aromatic heterocycles. The zero-order valence-electron chi connectivity index (χ0n) is 12.0. The van der Waals surface area contributed by atoms with E-state index in [1.54, 1.807) is 0 Å². The quantitative estimate of drug-likeness (QED) is 0.792. The highest BCUT2D eigenvalue weighted by molar-refractivity contribution is 5.79. The number of hydrogen-bond acceptors (Lipinski definition) is 3. The summed E-state index contributed by atoms with van der Waals surface area (Å²) in [5.41, 5.74) is 0.924. The van der Waals surface area contributed by atoms with Crippen LogP contribution < -0.4 is 0 Å². The molecule has 20 heavy (non-hydrogen) atoms. The summed E-state index contributed by atoms with van der Waals surface area (Å²) >= 11 is 0. The minimum Gasteiger partial charge on any atom is -0.462 e. The summed E-state index contributed by atoms with van der Waals surface area (Å²) in [6.07, 6.45) is 4.49. The van der Waals surface area contributed by atoms with Crippen LogP contribution in [0, 0.1) is 6.92 Å². The fourth-order valence-corrected chi connectivity index (χ4v) is 3.53. The van der Waals surface area contributed by atoms with Crippen LogP contribution in [0.2, 0.25) is 0 Å². The zero-order valence-corrected chi connectivity index (χ0v) is 12.0. The average molecular weight is 272 g/mol. The first-order valence-electron chi connectivity index (χ1n) is 7.45. The lowest BCUT2D eigenvalue weighted by atomic mass is 9.99. The largest absolute Gasteiger partial charge is 0.462 e. The topological polar surface area (TPSA) is 29.5 Å². The van der Waals surface area contributed by atoms with Crippen molar-refractivity contribution in [3.63, 3.8) is 0 Å². The van der Waals surface area contributed by atoms with E-state index in [1.807, 2.05) is 30.3 Å². The van der Waals surface area contributed by atoms with E-state index in [0.29, 0.717) is 12.1 Å². The minimum absolute atomic E-state index is 0.0733. The minimum atomic E-state index is -0.423. The van der Waals surface area contributed by atoms with Crippen LogP contribution in [0.3, 0.4) is 0 Å². The van der Waals surface area contributed by atoms with Gasteiger partial charge in [0.15, 0.2) is 0 Å². The SMILES string of the molecule is [CH2]C(C(=O)OC1CC2CCC(C1)N2C)c1ccccc1. The van der Waals surface area contributed by atoms with E-state index in [-0.39, 0.29) is 12.1 Å². The molecule has 1 radical (unpaired) electrons. The van der Waals surface area contributed by atoms with Crippen molar-refractivity contribution in [2.75, 3.05) is 7.05 Å². The van der Waals surface area contributed by atoms with E-state index in [9.17, 15) is 4.79 Å². The Morgan fingerprint density at radius 3 is 2.45 bits per heavy atom. The molecule has 1 aromatic rings. The second kappa shape index (κ2) is 5.57. The number of nitrogens with zero attached hydrogens (tertiary/aromatic N) is 1. The highest BCUT2D eigenvalue weighted by Crippen LogP contribution is 2.36. The third-order valence-electron chi connectivity index (χ3n) is 4.82. The van der Waals surface area contributed by atoms with Crippen LogP contribution in [0.4, 0.5) is 0 Å². The van der Waals surface area contributed by atoms with Gasteiger partial charge in [0.25, 0.3) is 0 Å². The van der Waals surface area contributed by atoms with Crippen LogP contribution in [-0.2, 0) is 9.53 Å². The molecule has 107 valence electrons. The molecule has 3 nitrogen and oxygen atoms in total. The standard InChI is InChI=1S/C17H22NO2/c1-12(13-6-4-3-5-7-13)17(19)20-16-10-14-8-9-15(11-16)18(14)2/h3-7,12,14-16H,1,8-11H2,2H3. The average Bonchev–Trinajstić information content (AvgIpc) is 2.69. The lowest BCUT2D eigenvalue weighted by Gasteiger charge is -2.36. The lowest BCUT2D eigenvalue weighted by Crippen LogP contribution is -2.43. The Morgan fingerprint density at radius 2 is 1.85 bits per heavy atom. The fourth-order valence-electron chi connectivity index (χ4n) is 3.53. The Balaban J connectivity index is 1.60. The molecule has 3 heteroatoms. The van der Waals surface area contributed by atoms with Gasteiger partial charge < -0.3 is 9.64 Å². The number of rotatable bonds is 3. The maximum atomic E-state index is 12.2. The van der Waals surface area contributed by atoms with Crippen molar-refractivity contribution in [3.05, 3.63) is 42.8 Å². The normalized spacial score (nSPS) is 31.0. The third kappa shape index (κ3) is 2.59. The number of esters is 1. The van der Waals surface area contributed by atoms with Gasteiger partial charge in [0.05, 0.1) is 5.92 Å². The molecule has 3 rings (SSSR count). The van der Waals surface area contributed by atoms with Gasteiger partial charge in [-0.1, -0.05) is 30.3 Å². The van der Waals surface area contributed by atoms with E-state index >= 15 is 0 Å². The molecule has 2 bridgehead atoms. The van der Waals surface area contributed by atoms with Gasteiger partial charge in [-0.2, -0.15) is 0 Å². The highest BCUT2D eigenvalue weighted by Gasteiger charge is 2.40. The number of benzene rings is 1.